The first-order valence-electron chi connectivity index (χ1n) is 17.4. The van der Waals surface area contributed by atoms with Gasteiger partial charge >= 0.3 is 0 Å². The standard InChI is InChI=1S/C48H32N2O/c1-48(41-25-8-5-20-36(41)37-21-6-9-26-42(37)48)35-19-12-17-33(29-35)32-16-11-18-34(28-32)43-30-44(50-47(49-43)31-14-3-2-4-15-31)40-24-13-23-39-38-22-7-10-27-45(38)51-46(39)40/h2-30H,1H3. The summed E-state index contributed by atoms with van der Waals surface area (Å²) in [5, 5.41) is 2.17. The molecule has 0 atom stereocenters. The summed E-state index contributed by atoms with van der Waals surface area (Å²) in [6.07, 6.45) is 0. The van der Waals surface area contributed by atoms with Crippen LogP contribution in [-0.4, -0.2) is 9.97 Å². The lowest BCUT2D eigenvalue weighted by Crippen LogP contribution is -2.22. The molecular weight excluding hydrogens is 621 g/mol. The van der Waals surface area contributed by atoms with Crippen LogP contribution in [0.5, 0.6) is 0 Å². The Balaban J connectivity index is 1.11. The van der Waals surface area contributed by atoms with Gasteiger partial charge in [0.25, 0.3) is 0 Å². The number of furan rings is 1. The van der Waals surface area contributed by atoms with Crippen LogP contribution in [0.2, 0.25) is 0 Å². The average Bonchev–Trinajstić information content (AvgIpc) is 3.72. The lowest BCUT2D eigenvalue weighted by molar-refractivity contribution is 0.670. The van der Waals surface area contributed by atoms with Gasteiger partial charge in [-0.2, -0.15) is 0 Å². The van der Waals surface area contributed by atoms with Gasteiger partial charge in [-0.1, -0.05) is 146 Å². The van der Waals surface area contributed by atoms with E-state index < -0.39 is 0 Å². The van der Waals surface area contributed by atoms with Gasteiger partial charge in [0.2, 0.25) is 0 Å². The topological polar surface area (TPSA) is 38.9 Å². The van der Waals surface area contributed by atoms with Crippen LogP contribution in [-0.2, 0) is 5.41 Å². The molecule has 10 rings (SSSR count). The van der Waals surface area contributed by atoms with Crippen molar-refractivity contribution >= 4 is 21.9 Å². The lowest BCUT2D eigenvalue weighted by atomic mass is 9.74. The zero-order valence-electron chi connectivity index (χ0n) is 28.0. The zero-order valence-corrected chi connectivity index (χ0v) is 28.0. The number of para-hydroxylation sites is 2. The Morgan fingerprint density at radius 1 is 0.431 bits per heavy atom. The van der Waals surface area contributed by atoms with E-state index in [1.54, 1.807) is 0 Å². The van der Waals surface area contributed by atoms with Gasteiger partial charge < -0.3 is 4.42 Å². The van der Waals surface area contributed by atoms with Gasteiger partial charge in [0.05, 0.1) is 11.4 Å². The predicted octanol–water partition coefficient (Wildman–Crippen LogP) is 12.4. The normalized spacial score (nSPS) is 13.0. The number of benzene rings is 7. The van der Waals surface area contributed by atoms with Gasteiger partial charge in [-0.05, 0) is 76.2 Å². The summed E-state index contributed by atoms with van der Waals surface area (Å²) in [5.41, 5.74) is 15.0. The molecule has 1 aliphatic rings. The van der Waals surface area contributed by atoms with Gasteiger partial charge in [-0.15, -0.1) is 0 Å². The predicted molar refractivity (Wildman–Crippen MR) is 208 cm³/mol. The Morgan fingerprint density at radius 2 is 1.00 bits per heavy atom. The Hall–Kier alpha value is -6.58. The first kappa shape index (κ1) is 29.3. The molecule has 2 aromatic heterocycles. The number of hydrogen-bond acceptors (Lipinski definition) is 3. The van der Waals surface area contributed by atoms with Crippen molar-refractivity contribution < 1.29 is 4.42 Å². The second-order valence-electron chi connectivity index (χ2n) is 13.5. The second kappa shape index (κ2) is 11.5. The minimum Gasteiger partial charge on any atom is -0.455 e. The van der Waals surface area contributed by atoms with E-state index >= 15 is 0 Å². The van der Waals surface area contributed by atoms with Crippen molar-refractivity contribution in [1.82, 2.24) is 9.97 Å². The molecule has 2 heterocycles. The fourth-order valence-electron chi connectivity index (χ4n) is 8.03. The van der Waals surface area contributed by atoms with Crippen LogP contribution in [0.1, 0.15) is 23.6 Å². The van der Waals surface area contributed by atoms with Crippen molar-refractivity contribution in [1.29, 1.82) is 0 Å². The van der Waals surface area contributed by atoms with Crippen molar-refractivity contribution in [3.8, 4) is 56.2 Å². The zero-order chi connectivity index (χ0) is 33.9. The summed E-state index contributed by atoms with van der Waals surface area (Å²) in [6.45, 7) is 2.36. The molecule has 3 heteroatoms. The molecule has 0 amide bonds. The van der Waals surface area contributed by atoms with Crippen molar-refractivity contribution in [2.45, 2.75) is 12.3 Å². The van der Waals surface area contributed by atoms with Gasteiger partial charge in [0, 0.05) is 32.9 Å². The maximum atomic E-state index is 6.45. The molecule has 7 aromatic carbocycles. The van der Waals surface area contributed by atoms with Crippen molar-refractivity contribution in [2.24, 2.45) is 0 Å². The number of rotatable bonds is 5. The Morgan fingerprint density at radius 3 is 1.80 bits per heavy atom. The van der Waals surface area contributed by atoms with E-state index in [0.717, 1.165) is 55.6 Å². The van der Waals surface area contributed by atoms with Crippen LogP contribution >= 0.6 is 0 Å². The van der Waals surface area contributed by atoms with Crippen LogP contribution < -0.4 is 0 Å². The third-order valence-electron chi connectivity index (χ3n) is 10.6. The van der Waals surface area contributed by atoms with E-state index in [4.69, 9.17) is 14.4 Å². The smallest absolute Gasteiger partial charge is 0.160 e. The fourth-order valence-corrected chi connectivity index (χ4v) is 8.03. The highest BCUT2D eigenvalue weighted by Gasteiger charge is 2.40. The number of hydrogen-bond donors (Lipinski definition) is 0. The van der Waals surface area contributed by atoms with E-state index in [1.165, 1.54) is 33.4 Å². The Kier molecular flexibility index (Phi) is 6.62. The van der Waals surface area contributed by atoms with Crippen LogP contribution in [0, 0.1) is 0 Å². The number of nitrogens with zero attached hydrogens (tertiary/aromatic N) is 2. The minimum absolute atomic E-state index is 0.259. The molecule has 0 N–H and O–H groups in total. The molecule has 0 spiro atoms. The van der Waals surface area contributed by atoms with Gasteiger partial charge in [0.1, 0.15) is 11.2 Å². The van der Waals surface area contributed by atoms with E-state index in [-0.39, 0.29) is 5.41 Å². The first-order chi connectivity index (χ1) is 25.1. The van der Waals surface area contributed by atoms with E-state index in [9.17, 15) is 0 Å². The molecule has 0 saturated carbocycles. The maximum Gasteiger partial charge on any atom is 0.160 e. The molecule has 1 aliphatic carbocycles. The summed E-state index contributed by atoms with van der Waals surface area (Å²) in [5.74, 6) is 0.676. The summed E-state index contributed by atoms with van der Waals surface area (Å²) >= 11 is 0. The van der Waals surface area contributed by atoms with Gasteiger partial charge in [0.15, 0.2) is 5.82 Å². The van der Waals surface area contributed by atoms with Gasteiger partial charge in [-0.25, -0.2) is 9.97 Å². The van der Waals surface area contributed by atoms with Crippen LogP contribution in [0.15, 0.2) is 180 Å². The third kappa shape index (κ3) is 4.66. The Bertz CT molecular complexity index is 2730. The van der Waals surface area contributed by atoms with Crippen LogP contribution in [0.4, 0.5) is 0 Å². The highest BCUT2D eigenvalue weighted by molar-refractivity contribution is 6.09. The number of aromatic nitrogens is 2. The SMILES string of the molecule is CC1(c2cccc(-c3cccc(-c4cc(-c5cccc6c5oc5ccccc56)nc(-c5ccccc5)n4)c3)c2)c2ccccc2-c2ccccc21. The summed E-state index contributed by atoms with van der Waals surface area (Å²) < 4.78 is 6.45. The van der Waals surface area contributed by atoms with Crippen LogP contribution in [0.3, 0.4) is 0 Å². The quantitative estimate of drug-likeness (QED) is 0.186. The Labute approximate surface area is 296 Å². The molecule has 0 fully saturated rings. The first-order valence-corrected chi connectivity index (χ1v) is 17.4. The van der Waals surface area contributed by atoms with Crippen molar-refractivity contribution in [3.05, 3.63) is 193 Å². The van der Waals surface area contributed by atoms with E-state index in [2.05, 4.69) is 153 Å². The molecule has 0 radical (unpaired) electrons. The van der Waals surface area contributed by atoms with Crippen molar-refractivity contribution in [2.75, 3.05) is 0 Å². The molecule has 0 saturated heterocycles. The molecule has 0 bridgehead atoms. The van der Waals surface area contributed by atoms with Crippen LogP contribution in [0.25, 0.3) is 78.1 Å². The van der Waals surface area contributed by atoms with E-state index in [1.807, 2.05) is 30.3 Å². The monoisotopic (exact) mass is 652 g/mol. The van der Waals surface area contributed by atoms with Gasteiger partial charge in [-0.3, -0.25) is 0 Å². The highest BCUT2D eigenvalue weighted by atomic mass is 16.3. The largest absolute Gasteiger partial charge is 0.455 e. The molecule has 240 valence electrons. The molecule has 0 aliphatic heterocycles. The summed E-state index contributed by atoms with van der Waals surface area (Å²) in [6, 6.07) is 62.2. The molecule has 51 heavy (non-hydrogen) atoms. The summed E-state index contributed by atoms with van der Waals surface area (Å²) in [7, 11) is 0. The molecule has 3 nitrogen and oxygen atoms in total. The fraction of sp³-hybridized carbons (Fsp3) is 0.0417. The lowest BCUT2D eigenvalue weighted by Gasteiger charge is -2.28. The molecule has 9 aromatic rings. The van der Waals surface area contributed by atoms with E-state index in [0.29, 0.717) is 5.82 Å². The third-order valence-corrected chi connectivity index (χ3v) is 10.6. The maximum absolute atomic E-state index is 6.45. The minimum atomic E-state index is -0.259. The average molecular weight is 653 g/mol. The second-order valence-corrected chi connectivity index (χ2v) is 13.5. The highest BCUT2D eigenvalue weighted by Crippen LogP contribution is 2.52. The number of fused-ring (bicyclic) bond motifs is 6. The molecule has 0 unspecified atom stereocenters. The molecular formula is C48H32N2O. The summed E-state index contributed by atoms with van der Waals surface area (Å²) in [4.78, 5) is 10.3. The van der Waals surface area contributed by atoms with Crippen molar-refractivity contribution in [3.63, 3.8) is 0 Å².